The number of carboxylic acid groups (broad SMARTS) is 1. The van der Waals surface area contributed by atoms with E-state index in [1.165, 1.54) is 17.8 Å². The van der Waals surface area contributed by atoms with Crippen molar-refractivity contribution in [3.63, 3.8) is 0 Å². The van der Waals surface area contributed by atoms with Crippen molar-refractivity contribution in [2.75, 3.05) is 56.2 Å². The molecular formula is C23H29N3O4S. The number of rotatable bonds is 7. The van der Waals surface area contributed by atoms with Gasteiger partial charge in [0.25, 0.3) is 5.91 Å². The Hall–Kier alpha value is -2.42. The van der Waals surface area contributed by atoms with Crippen LogP contribution in [0, 0.1) is 5.92 Å². The van der Waals surface area contributed by atoms with Crippen molar-refractivity contribution in [1.29, 1.82) is 0 Å². The molecule has 0 spiro atoms. The summed E-state index contributed by atoms with van der Waals surface area (Å²) in [6, 6.07) is 8.73. The average Bonchev–Trinajstić information content (AvgIpc) is 3.34. The standard InChI is InChI=1S/C23H29N3O4S/c27-22(21-2-1-15-31-21)24-18-3-4-20(19(16-18)23(28)29)26-9-6-17(7-10-26)5-8-25-11-13-30-14-12-25/h1-4,15-17H,5-14H2,(H,24,27)(H,28,29). The first kappa shape index (κ1) is 21.8. The van der Waals surface area contributed by atoms with Gasteiger partial charge in [0.05, 0.1) is 29.3 Å². The highest BCUT2D eigenvalue weighted by Crippen LogP contribution is 2.30. The fourth-order valence-electron chi connectivity index (χ4n) is 4.31. The van der Waals surface area contributed by atoms with Crippen molar-refractivity contribution in [2.24, 2.45) is 5.92 Å². The van der Waals surface area contributed by atoms with Crippen molar-refractivity contribution in [1.82, 2.24) is 4.90 Å². The Labute approximate surface area is 186 Å². The highest BCUT2D eigenvalue weighted by Gasteiger charge is 2.24. The van der Waals surface area contributed by atoms with E-state index in [1.807, 2.05) is 17.5 Å². The summed E-state index contributed by atoms with van der Waals surface area (Å²) < 4.78 is 5.41. The molecule has 4 rings (SSSR count). The third-order valence-electron chi connectivity index (χ3n) is 6.14. The number of aromatic carboxylic acids is 1. The normalized spacial score (nSPS) is 18.1. The van der Waals surface area contributed by atoms with Crippen molar-refractivity contribution in [3.8, 4) is 0 Å². The smallest absolute Gasteiger partial charge is 0.337 e. The summed E-state index contributed by atoms with van der Waals surface area (Å²) in [5.74, 6) is -0.520. The molecule has 7 nitrogen and oxygen atoms in total. The maximum absolute atomic E-state index is 12.3. The minimum Gasteiger partial charge on any atom is -0.478 e. The van der Waals surface area contributed by atoms with Gasteiger partial charge in [0, 0.05) is 31.9 Å². The van der Waals surface area contributed by atoms with E-state index in [9.17, 15) is 14.7 Å². The van der Waals surface area contributed by atoms with Gasteiger partial charge in [-0.25, -0.2) is 4.79 Å². The number of morpholine rings is 1. The SMILES string of the molecule is O=C(Nc1ccc(N2CCC(CCN3CCOCC3)CC2)c(C(=O)O)c1)c1cccs1. The Morgan fingerprint density at radius 1 is 1.13 bits per heavy atom. The minimum absolute atomic E-state index is 0.222. The first-order chi connectivity index (χ1) is 15.1. The van der Waals surface area contributed by atoms with E-state index in [0.29, 0.717) is 16.5 Å². The zero-order valence-electron chi connectivity index (χ0n) is 17.6. The zero-order chi connectivity index (χ0) is 21.6. The Balaban J connectivity index is 1.35. The van der Waals surface area contributed by atoms with Gasteiger partial charge >= 0.3 is 5.97 Å². The van der Waals surface area contributed by atoms with Gasteiger partial charge in [-0.2, -0.15) is 0 Å². The number of nitrogens with one attached hydrogen (secondary N) is 1. The number of amides is 1. The van der Waals surface area contributed by atoms with Crippen LogP contribution in [0.15, 0.2) is 35.7 Å². The molecule has 0 radical (unpaired) electrons. The molecule has 2 aliphatic rings. The Morgan fingerprint density at radius 2 is 1.90 bits per heavy atom. The number of hydrogen-bond donors (Lipinski definition) is 2. The topological polar surface area (TPSA) is 82.1 Å². The van der Waals surface area contributed by atoms with Gasteiger partial charge in [0.15, 0.2) is 0 Å². The fourth-order valence-corrected chi connectivity index (χ4v) is 4.93. The van der Waals surface area contributed by atoms with E-state index in [4.69, 9.17) is 4.74 Å². The van der Waals surface area contributed by atoms with E-state index in [-0.39, 0.29) is 11.5 Å². The lowest BCUT2D eigenvalue weighted by molar-refractivity contribution is 0.0349. The van der Waals surface area contributed by atoms with Crippen LogP contribution in [0.4, 0.5) is 11.4 Å². The molecule has 1 amide bonds. The quantitative estimate of drug-likeness (QED) is 0.680. The fraction of sp³-hybridized carbons (Fsp3) is 0.478. The molecule has 0 aliphatic carbocycles. The van der Waals surface area contributed by atoms with Crippen LogP contribution in [0.2, 0.25) is 0 Å². The maximum Gasteiger partial charge on any atom is 0.337 e. The molecule has 31 heavy (non-hydrogen) atoms. The molecular weight excluding hydrogens is 414 g/mol. The molecule has 0 unspecified atom stereocenters. The summed E-state index contributed by atoms with van der Waals surface area (Å²) in [6.07, 6.45) is 3.33. The molecule has 2 fully saturated rings. The highest BCUT2D eigenvalue weighted by molar-refractivity contribution is 7.12. The lowest BCUT2D eigenvalue weighted by atomic mass is 9.92. The van der Waals surface area contributed by atoms with Crippen LogP contribution in [0.1, 0.15) is 39.3 Å². The number of benzene rings is 1. The van der Waals surface area contributed by atoms with Gasteiger partial charge in [-0.05, 0) is 61.4 Å². The zero-order valence-corrected chi connectivity index (χ0v) is 18.4. The number of piperidine rings is 1. The van der Waals surface area contributed by atoms with E-state index < -0.39 is 5.97 Å². The van der Waals surface area contributed by atoms with Gasteiger partial charge < -0.3 is 20.1 Å². The van der Waals surface area contributed by atoms with Crippen molar-refractivity contribution < 1.29 is 19.4 Å². The largest absolute Gasteiger partial charge is 0.478 e. The highest BCUT2D eigenvalue weighted by atomic mass is 32.1. The lowest BCUT2D eigenvalue weighted by Crippen LogP contribution is -2.39. The van der Waals surface area contributed by atoms with Crippen LogP contribution in [-0.4, -0.2) is 67.8 Å². The van der Waals surface area contributed by atoms with Crippen LogP contribution in [0.5, 0.6) is 0 Å². The monoisotopic (exact) mass is 443 g/mol. The van der Waals surface area contributed by atoms with Crippen LogP contribution in [0.3, 0.4) is 0 Å². The van der Waals surface area contributed by atoms with Crippen molar-refractivity contribution in [2.45, 2.75) is 19.3 Å². The molecule has 0 saturated carbocycles. The number of anilines is 2. The van der Waals surface area contributed by atoms with E-state index in [2.05, 4.69) is 15.1 Å². The second-order valence-electron chi connectivity index (χ2n) is 8.14. The van der Waals surface area contributed by atoms with Crippen LogP contribution in [-0.2, 0) is 4.74 Å². The Kier molecular flexibility index (Phi) is 7.21. The molecule has 2 N–H and O–H groups in total. The molecule has 0 bridgehead atoms. The first-order valence-electron chi connectivity index (χ1n) is 10.9. The average molecular weight is 444 g/mol. The number of carbonyl (C=O) groups excluding carboxylic acids is 1. The molecule has 2 aliphatic heterocycles. The lowest BCUT2D eigenvalue weighted by Gasteiger charge is -2.35. The van der Waals surface area contributed by atoms with Crippen molar-refractivity contribution in [3.05, 3.63) is 46.2 Å². The molecule has 0 atom stereocenters. The van der Waals surface area contributed by atoms with E-state index >= 15 is 0 Å². The number of carbonyl (C=O) groups is 2. The van der Waals surface area contributed by atoms with E-state index in [0.717, 1.165) is 64.5 Å². The van der Waals surface area contributed by atoms with Gasteiger partial charge in [-0.1, -0.05) is 6.07 Å². The predicted octanol–water partition coefficient (Wildman–Crippen LogP) is 3.64. The molecule has 1 aromatic carbocycles. The predicted molar refractivity (Wildman–Crippen MR) is 122 cm³/mol. The summed E-state index contributed by atoms with van der Waals surface area (Å²) in [4.78, 5) is 29.4. The number of ether oxygens (including phenoxy) is 1. The number of nitrogens with zero attached hydrogens (tertiary/aromatic N) is 2. The van der Waals surface area contributed by atoms with Gasteiger partial charge in [0.2, 0.25) is 0 Å². The summed E-state index contributed by atoms with van der Waals surface area (Å²) in [7, 11) is 0. The summed E-state index contributed by atoms with van der Waals surface area (Å²) in [6.45, 7) is 6.55. The van der Waals surface area contributed by atoms with Gasteiger partial charge in [-0.3, -0.25) is 9.69 Å². The molecule has 8 heteroatoms. The molecule has 2 aromatic rings. The van der Waals surface area contributed by atoms with Gasteiger partial charge in [0.1, 0.15) is 0 Å². The van der Waals surface area contributed by atoms with E-state index in [1.54, 1.807) is 18.2 Å². The first-order valence-corrected chi connectivity index (χ1v) is 11.8. The van der Waals surface area contributed by atoms with Crippen LogP contribution < -0.4 is 10.2 Å². The summed E-state index contributed by atoms with van der Waals surface area (Å²) in [5.41, 5.74) is 1.46. The third-order valence-corrected chi connectivity index (χ3v) is 7.01. The molecule has 3 heterocycles. The number of carboxylic acids is 1. The summed E-state index contributed by atoms with van der Waals surface area (Å²) >= 11 is 1.35. The van der Waals surface area contributed by atoms with Crippen LogP contribution >= 0.6 is 11.3 Å². The summed E-state index contributed by atoms with van der Waals surface area (Å²) in [5, 5.41) is 14.4. The number of thiophene rings is 1. The van der Waals surface area contributed by atoms with Crippen molar-refractivity contribution >= 4 is 34.6 Å². The van der Waals surface area contributed by atoms with Crippen LogP contribution in [0.25, 0.3) is 0 Å². The molecule has 2 saturated heterocycles. The Morgan fingerprint density at radius 3 is 2.58 bits per heavy atom. The second-order valence-corrected chi connectivity index (χ2v) is 9.09. The van der Waals surface area contributed by atoms with Gasteiger partial charge in [-0.15, -0.1) is 11.3 Å². The Bertz CT molecular complexity index is 888. The second kappa shape index (κ2) is 10.3. The molecule has 166 valence electrons. The third kappa shape index (κ3) is 5.64. The maximum atomic E-state index is 12.3. The minimum atomic E-state index is -0.975. The number of hydrogen-bond acceptors (Lipinski definition) is 6. The molecule has 1 aromatic heterocycles.